The van der Waals surface area contributed by atoms with Crippen molar-refractivity contribution < 1.29 is 23.8 Å². The van der Waals surface area contributed by atoms with Gasteiger partial charge in [-0.2, -0.15) is 5.26 Å². The third-order valence-electron chi connectivity index (χ3n) is 3.46. The molecule has 0 aliphatic carbocycles. The van der Waals surface area contributed by atoms with E-state index in [0.29, 0.717) is 30.1 Å². The van der Waals surface area contributed by atoms with Gasteiger partial charge in [0.2, 0.25) is 0 Å². The summed E-state index contributed by atoms with van der Waals surface area (Å²) in [6.45, 7) is 3.95. The van der Waals surface area contributed by atoms with E-state index < -0.39 is 11.9 Å². The van der Waals surface area contributed by atoms with E-state index in [1.165, 1.54) is 6.08 Å². The van der Waals surface area contributed by atoms with Gasteiger partial charge in [0.25, 0.3) is 0 Å². The standard InChI is InChI=1S/C22H19NO5/c1-2-21(24)27-15-3-14-26-19-9-11-20(12-10-19)28-22(25)13-8-17-4-6-18(16-23)7-5-17/h2,4-13H,1,3,14-15H2/b13-8+. The summed E-state index contributed by atoms with van der Waals surface area (Å²) in [5, 5.41) is 8.76. The van der Waals surface area contributed by atoms with Gasteiger partial charge in [0.15, 0.2) is 0 Å². The fourth-order valence-electron chi connectivity index (χ4n) is 2.07. The third-order valence-corrected chi connectivity index (χ3v) is 3.46. The summed E-state index contributed by atoms with van der Waals surface area (Å²) in [5.41, 5.74) is 1.35. The Balaban J connectivity index is 1.75. The summed E-state index contributed by atoms with van der Waals surface area (Å²) in [6, 6.07) is 15.5. The molecule has 0 fully saturated rings. The third kappa shape index (κ3) is 7.18. The normalized spacial score (nSPS) is 10.1. The average molecular weight is 377 g/mol. The van der Waals surface area contributed by atoms with Crippen molar-refractivity contribution in [1.29, 1.82) is 5.26 Å². The van der Waals surface area contributed by atoms with Crippen molar-refractivity contribution in [3.05, 3.63) is 78.4 Å². The highest BCUT2D eigenvalue weighted by Gasteiger charge is 2.02. The Morgan fingerprint density at radius 3 is 2.29 bits per heavy atom. The molecular weight excluding hydrogens is 358 g/mol. The van der Waals surface area contributed by atoms with Crippen molar-refractivity contribution in [2.24, 2.45) is 0 Å². The zero-order chi connectivity index (χ0) is 20.2. The smallest absolute Gasteiger partial charge is 0.336 e. The number of nitriles is 1. The number of rotatable bonds is 9. The first-order chi connectivity index (χ1) is 13.6. The SMILES string of the molecule is C=CC(=O)OCCCOc1ccc(OC(=O)/C=C/c2ccc(C#N)cc2)cc1. The van der Waals surface area contributed by atoms with Gasteiger partial charge in [-0.05, 0) is 48.0 Å². The number of hydrogen-bond donors (Lipinski definition) is 0. The lowest BCUT2D eigenvalue weighted by Crippen LogP contribution is -2.06. The molecule has 0 atom stereocenters. The number of hydrogen-bond acceptors (Lipinski definition) is 6. The van der Waals surface area contributed by atoms with Gasteiger partial charge in [-0.25, -0.2) is 9.59 Å². The summed E-state index contributed by atoms with van der Waals surface area (Å²) >= 11 is 0. The maximum absolute atomic E-state index is 11.9. The first-order valence-corrected chi connectivity index (χ1v) is 8.53. The van der Waals surface area contributed by atoms with E-state index in [1.807, 2.05) is 6.07 Å². The van der Waals surface area contributed by atoms with Gasteiger partial charge in [-0.1, -0.05) is 18.7 Å². The van der Waals surface area contributed by atoms with Crippen LogP contribution in [0.4, 0.5) is 0 Å². The van der Waals surface area contributed by atoms with Crippen LogP contribution in [0.15, 0.2) is 67.3 Å². The lowest BCUT2D eigenvalue weighted by atomic mass is 10.1. The number of ether oxygens (including phenoxy) is 3. The molecule has 28 heavy (non-hydrogen) atoms. The monoisotopic (exact) mass is 377 g/mol. The van der Waals surface area contributed by atoms with Gasteiger partial charge in [-0.3, -0.25) is 0 Å². The van der Waals surface area contributed by atoms with Gasteiger partial charge in [0.1, 0.15) is 11.5 Å². The molecule has 0 spiro atoms. The second-order valence-electron chi connectivity index (χ2n) is 5.53. The highest BCUT2D eigenvalue weighted by molar-refractivity contribution is 5.88. The Labute approximate surface area is 163 Å². The first kappa shape index (κ1) is 20.5. The molecule has 142 valence electrons. The molecule has 2 rings (SSSR count). The quantitative estimate of drug-likeness (QED) is 0.287. The van der Waals surface area contributed by atoms with E-state index in [4.69, 9.17) is 19.5 Å². The maximum Gasteiger partial charge on any atom is 0.336 e. The largest absolute Gasteiger partial charge is 0.493 e. The summed E-state index contributed by atoms with van der Waals surface area (Å²) < 4.78 is 15.6. The van der Waals surface area contributed by atoms with Gasteiger partial charge < -0.3 is 14.2 Å². The molecule has 0 aliphatic rings. The molecule has 2 aromatic rings. The summed E-state index contributed by atoms with van der Waals surface area (Å²) in [6.07, 6.45) is 4.59. The van der Waals surface area contributed by atoms with Crippen LogP contribution in [-0.4, -0.2) is 25.2 Å². The zero-order valence-corrected chi connectivity index (χ0v) is 15.2. The van der Waals surface area contributed by atoms with Crippen molar-refractivity contribution >= 4 is 18.0 Å². The fourth-order valence-corrected chi connectivity index (χ4v) is 2.07. The van der Waals surface area contributed by atoms with E-state index in [9.17, 15) is 9.59 Å². The highest BCUT2D eigenvalue weighted by atomic mass is 16.5. The van der Waals surface area contributed by atoms with Gasteiger partial charge in [0, 0.05) is 18.6 Å². The van der Waals surface area contributed by atoms with Crippen LogP contribution in [0.3, 0.4) is 0 Å². The Morgan fingerprint density at radius 1 is 0.964 bits per heavy atom. The first-order valence-electron chi connectivity index (χ1n) is 8.53. The Kier molecular flexibility index (Phi) is 8.03. The molecule has 0 N–H and O–H groups in total. The van der Waals surface area contributed by atoms with Crippen LogP contribution in [0.25, 0.3) is 6.08 Å². The molecule has 6 nitrogen and oxygen atoms in total. The molecule has 0 aromatic heterocycles. The lowest BCUT2D eigenvalue weighted by Gasteiger charge is -2.07. The minimum Gasteiger partial charge on any atom is -0.493 e. The predicted molar refractivity (Wildman–Crippen MR) is 104 cm³/mol. The zero-order valence-electron chi connectivity index (χ0n) is 15.2. The molecule has 2 aromatic carbocycles. The maximum atomic E-state index is 11.9. The van der Waals surface area contributed by atoms with E-state index in [0.717, 1.165) is 11.6 Å². The second kappa shape index (κ2) is 11.0. The van der Waals surface area contributed by atoms with Crippen molar-refractivity contribution in [2.75, 3.05) is 13.2 Å². The molecule has 0 bridgehead atoms. The van der Waals surface area contributed by atoms with Crippen LogP contribution in [0, 0.1) is 11.3 Å². The van der Waals surface area contributed by atoms with Crippen molar-refractivity contribution in [1.82, 2.24) is 0 Å². The number of carbonyl (C=O) groups is 2. The van der Waals surface area contributed by atoms with Crippen LogP contribution in [-0.2, 0) is 14.3 Å². The van der Waals surface area contributed by atoms with Crippen LogP contribution >= 0.6 is 0 Å². The van der Waals surface area contributed by atoms with Crippen LogP contribution < -0.4 is 9.47 Å². The molecule has 0 radical (unpaired) electrons. The number of carbonyl (C=O) groups excluding carboxylic acids is 2. The topological polar surface area (TPSA) is 85.6 Å². The van der Waals surface area contributed by atoms with Crippen molar-refractivity contribution in [3.8, 4) is 17.6 Å². The Hall–Kier alpha value is -3.85. The molecule has 0 heterocycles. The van der Waals surface area contributed by atoms with Crippen LogP contribution in [0.1, 0.15) is 17.5 Å². The van der Waals surface area contributed by atoms with Crippen LogP contribution in [0.2, 0.25) is 0 Å². The molecular formula is C22H19NO5. The summed E-state index contributed by atoms with van der Waals surface area (Å²) in [5.74, 6) is 0.0335. The fraction of sp³-hybridized carbons (Fsp3) is 0.136. The van der Waals surface area contributed by atoms with Crippen molar-refractivity contribution in [3.63, 3.8) is 0 Å². The van der Waals surface area contributed by atoms with Gasteiger partial charge in [0.05, 0.1) is 24.8 Å². The van der Waals surface area contributed by atoms with Crippen molar-refractivity contribution in [2.45, 2.75) is 6.42 Å². The molecule has 0 saturated carbocycles. The summed E-state index contributed by atoms with van der Waals surface area (Å²) in [4.78, 5) is 22.8. The van der Waals surface area contributed by atoms with Crippen LogP contribution in [0.5, 0.6) is 11.5 Å². The number of nitrogens with zero attached hydrogens (tertiary/aromatic N) is 1. The van der Waals surface area contributed by atoms with Gasteiger partial charge in [-0.15, -0.1) is 0 Å². The molecule has 0 saturated heterocycles. The predicted octanol–water partition coefficient (Wildman–Crippen LogP) is 3.68. The molecule has 6 heteroatoms. The molecule has 0 amide bonds. The van der Waals surface area contributed by atoms with E-state index in [2.05, 4.69) is 6.58 Å². The minimum atomic E-state index is -0.512. The lowest BCUT2D eigenvalue weighted by molar-refractivity contribution is -0.138. The van der Waals surface area contributed by atoms with E-state index in [1.54, 1.807) is 54.6 Å². The van der Waals surface area contributed by atoms with E-state index in [-0.39, 0.29) is 6.61 Å². The highest BCUT2D eigenvalue weighted by Crippen LogP contribution is 2.18. The second-order valence-corrected chi connectivity index (χ2v) is 5.53. The number of esters is 2. The number of benzene rings is 2. The Morgan fingerprint density at radius 2 is 1.64 bits per heavy atom. The minimum absolute atomic E-state index is 0.256. The average Bonchev–Trinajstić information content (AvgIpc) is 2.73. The summed E-state index contributed by atoms with van der Waals surface area (Å²) in [7, 11) is 0. The Bertz CT molecular complexity index is 877. The molecule has 0 aliphatic heterocycles. The van der Waals surface area contributed by atoms with E-state index >= 15 is 0 Å². The molecule has 0 unspecified atom stereocenters. The van der Waals surface area contributed by atoms with Gasteiger partial charge >= 0.3 is 11.9 Å².